The summed E-state index contributed by atoms with van der Waals surface area (Å²) < 4.78 is 0. The molecule has 96 valence electrons. The van der Waals surface area contributed by atoms with E-state index in [4.69, 9.17) is 5.11 Å². The highest BCUT2D eigenvalue weighted by Gasteiger charge is 2.19. The predicted octanol–water partition coefficient (Wildman–Crippen LogP) is 3.03. The van der Waals surface area contributed by atoms with Crippen LogP contribution in [0.15, 0.2) is 0 Å². The van der Waals surface area contributed by atoms with E-state index in [1.165, 1.54) is 11.3 Å². The van der Waals surface area contributed by atoms with Crippen LogP contribution in [-0.4, -0.2) is 29.1 Å². The maximum atomic E-state index is 11.1. The average molecular weight is 256 g/mol. The van der Waals surface area contributed by atoms with Crippen molar-refractivity contribution in [3.63, 3.8) is 0 Å². The van der Waals surface area contributed by atoms with Gasteiger partial charge in [-0.2, -0.15) is 0 Å². The number of hydrogen-bond donors (Lipinski definition) is 1. The number of carboxylic acids is 1. The van der Waals surface area contributed by atoms with Gasteiger partial charge in [0.05, 0.1) is 5.69 Å². The largest absolute Gasteiger partial charge is 0.477 e. The molecule has 1 heterocycles. The standard InChI is InChI=1S/C12H20N2O2S/c1-5-7-8(3)14(4)12-13-9(6-2)10(17-12)11(15)16/h8H,5-7H2,1-4H3,(H,15,16). The number of aromatic carboxylic acids is 1. The van der Waals surface area contributed by atoms with Gasteiger partial charge in [-0.3, -0.25) is 0 Å². The van der Waals surface area contributed by atoms with Gasteiger partial charge in [0.1, 0.15) is 4.88 Å². The molecule has 0 aliphatic rings. The van der Waals surface area contributed by atoms with E-state index < -0.39 is 5.97 Å². The average Bonchev–Trinajstić information content (AvgIpc) is 2.72. The Morgan fingerprint density at radius 2 is 2.18 bits per heavy atom. The van der Waals surface area contributed by atoms with E-state index in [0.29, 0.717) is 23.0 Å². The quantitative estimate of drug-likeness (QED) is 0.850. The Morgan fingerprint density at radius 1 is 1.53 bits per heavy atom. The van der Waals surface area contributed by atoms with Crippen molar-refractivity contribution in [3.05, 3.63) is 10.6 Å². The van der Waals surface area contributed by atoms with Crippen LogP contribution in [0.4, 0.5) is 5.13 Å². The summed E-state index contributed by atoms with van der Waals surface area (Å²) in [7, 11) is 1.98. The summed E-state index contributed by atoms with van der Waals surface area (Å²) in [4.78, 5) is 17.9. The monoisotopic (exact) mass is 256 g/mol. The van der Waals surface area contributed by atoms with Gasteiger partial charge in [-0.1, -0.05) is 31.6 Å². The molecule has 4 nitrogen and oxygen atoms in total. The van der Waals surface area contributed by atoms with Crippen molar-refractivity contribution in [1.29, 1.82) is 0 Å². The minimum absolute atomic E-state index is 0.373. The Hall–Kier alpha value is -1.10. The van der Waals surface area contributed by atoms with Crippen LogP contribution >= 0.6 is 11.3 Å². The molecule has 1 N–H and O–H groups in total. The molecule has 1 unspecified atom stereocenters. The molecule has 0 aliphatic heterocycles. The van der Waals surface area contributed by atoms with Crippen molar-refractivity contribution in [3.8, 4) is 0 Å². The maximum absolute atomic E-state index is 11.1. The summed E-state index contributed by atoms with van der Waals surface area (Å²) in [5.41, 5.74) is 0.688. The molecule has 1 atom stereocenters. The van der Waals surface area contributed by atoms with Gasteiger partial charge in [0.25, 0.3) is 0 Å². The Morgan fingerprint density at radius 3 is 2.59 bits per heavy atom. The molecule has 0 fully saturated rings. The number of aryl methyl sites for hydroxylation is 1. The summed E-state index contributed by atoms with van der Waals surface area (Å²) >= 11 is 1.27. The first-order valence-electron chi connectivity index (χ1n) is 5.97. The van der Waals surface area contributed by atoms with Gasteiger partial charge in [0.15, 0.2) is 5.13 Å². The Bertz CT molecular complexity index is 390. The second kappa shape index (κ2) is 6.00. The molecule has 1 aromatic rings. The molecule has 0 saturated heterocycles. The third-order valence-corrected chi connectivity index (χ3v) is 4.06. The van der Waals surface area contributed by atoms with Gasteiger partial charge < -0.3 is 10.0 Å². The van der Waals surface area contributed by atoms with Gasteiger partial charge in [-0.05, 0) is 19.8 Å². The number of anilines is 1. The fraction of sp³-hybridized carbons (Fsp3) is 0.667. The summed E-state index contributed by atoms with van der Waals surface area (Å²) in [6.45, 7) is 6.21. The Kier molecular flexibility index (Phi) is 4.93. The highest BCUT2D eigenvalue weighted by Crippen LogP contribution is 2.28. The maximum Gasteiger partial charge on any atom is 0.347 e. The van der Waals surface area contributed by atoms with Crippen LogP contribution in [0.3, 0.4) is 0 Å². The molecule has 0 bridgehead atoms. The van der Waals surface area contributed by atoms with Crippen LogP contribution in [0.2, 0.25) is 0 Å². The number of carbonyl (C=O) groups is 1. The van der Waals surface area contributed by atoms with Crippen molar-refractivity contribution < 1.29 is 9.90 Å². The van der Waals surface area contributed by atoms with Crippen LogP contribution in [0, 0.1) is 0 Å². The lowest BCUT2D eigenvalue weighted by molar-refractivity contribution is 0.0701. The number of nitrogens with zero attached hydrogens (tertiary/aromatic N) is 2. The minimum atomic E-state index is -0.873. The van der Waals surface area contributed by atoms with E-state index in [1.807, 2.05) is 14.0 Å². The van der Waals surface area contributed by atoms with Gasteiger partial charge in [-0.15, -0.1) is 0 Å². The van der Waals surface area contributed by atoms with Crippen LogP contribution in [0.1, 0.15) is 49.0 Å². The topological polar surface area (TPSA) is 53.4 Å². The molecule has 1 rings (SSSR count). The van der Waals surface area contributed by atoms with Crippen molar-refractivity contribution in [2.45, 2.75) is 46.1 Å². The molecule has 1 aromatic heterocycles. The first-order valence-corrected chi connectivity index (χ1v) is 6.78. The summed E-state index contributed by atoms with van der Waals surface area (Å²) in [6, 6.07) is 0.387. The smallest absolute Gasteiger partial charge is 0.347 e. The molecular formula is C12H20N2O2S. The fourth-order valence-corrected chi connectivity index (χ4v) is 2.75. The second-order valence-electron chi connectivity index (χ2n) is 4.18. The van der Waals surface area contributed by atoms with Gasteiger partial charge in [0, 0.05) is 13.1 Å². The van der Waals surface area contributed by atoms with Crippen LogP contribution in [-0.2, 0) is 6.42 Å². The third-order valence-electron chi connectivity index (χ3n) is 2.88. The zero-order chi connectivity index (χ0) is 13.0. The number of carboxylic acid groups (broad SMARTS) is 1. The molecule has 0 spiro atoms. The number of aromatic nitrogens is 1. The molecule has 5 heteroatoms. The Labute approximate surface area is 106 Å². The summed E-state index contributed by atoms with van der Waals surface area (Å²) in [6.07, 6.45) is 2.86. The molecular weight excluding hydrogens is 236 g/mol. The fourth-order valence-electron chi connectivity index (χ4n) is 1.70. The molecule has 17 heavy (non-hydrogen) atoms. The lowest BCUT2D eigenvalue weighted by Gasteiger charge is -2.23. The first-order chi connectivity index (χ1) is 8.01. The van der Waals surface area contributed by atoms with Crippen molar-refractivity contribution in [1.82, 2.24) is 4.98 Å². The number of hydrogen-bond acceptors (Lipinski definition) is 4. The molecule has 0 aliphatic carbocycles. The Balaban J connectivity index is 2.95. The van der Waals surface area contributed by atoms with E-state index in [-0.39, 0.29) is 0 Å². The van der Waals surface area contributed by atoms with Gasteiger partial charge >= 0.3 is 5.97 Å². The third kappa shape index (κ3) is 3.19. The summed E-state index contributed by atoms with van der Waals surface area (Å²) in [5, 5.41) is 9.89. The number of rotatable bonds is 6. The molecule has 0 radical (unpaired) electrons. The van der Waals surface area contributed by atoms with E-state index in [1.54, 1.807) is 0 Å². The zero-order valence-electron chi connectivity index (χ0n) is 10.9. The second-order valence-corrected chi connectivity index (χ2v) is 5.16. The molecule has 0 amide bonds. The zero-order valence-corrected chi connectivity index (χ0v) is 11.7. The van der Waals surface area contributed by atoms with E-state index in [9.17, 15) is 4.79 Å². The highest BCUT2D eigenvalue weighted by atomic mass is 32.1. The highest BCUT2D eigenvalue weighted by molar-refractivity contribution is 7.17. The first kappa shape index (κ1) is 14.0. The van der Waals surface area contributed by atoms with Crippen LogP contribution < -0.4 is 4.90 Å². The lowest BCUT2D eigenvalue weighted by atomic mass is 10.2. The van der Waals surface area contributed by atoms with Crippen molar-refractivity contribution >= 4 is 22.4 Å². The number of thiazole rings is 1. The van der Waals surface area contributed by atoms with E-state index in [2.05, 4.69) is 23.7 Å². The molecule has 0 saturated carbocycles. The molecule has 0 aromatic carbocycles. The normalized spacial score (nSPS) is 12.5. The van der Waals surface area contributed by atoms with Gasteiger partial charge in [0.2, 0.25) is 0 Å². The van der Waals surface area contributed by atoms with E-state index >= 15 is 0 Å². The van der Waals surface area contributed by atoms with Crippen LogP contribution in [0.5, 0.6) is 0 Å². The van der Waals surface area contributed by atoms with E-state index in [0.717, 1.165) is 18.0 Å². The lowest BCUT2D eigenvalue weighted by Crippen LogP contribution is -2.28. The van der Waals surface area contributed by atoms with Crippen molar-refractivity contribution in [2.75, 3.05) is 11.9 Å². The minimum Gasteiger partial charge on any atom is -0.477 e. The SMILES string of the molecule is CCCC(C)N(C)c1nc(CC)c(C(=O)O)s1. The van der Waals surface area contributed by atoms with Crippen LogP contribution in [0.25, 0.3) is 0 Å². The van der Waals surface area contributed by atoms with Crippen molar-refractivity contribution in [2.24, 2.45) is 0 Å². The van der Waals surface area contributed by atoms with Gasteiger partial charge in [-0.25, -0.2) is 9.78 Å². The predicted molar refractivity (Wildman–Crippen MR) is 71.2 cm³/mol. The summed E-state index contributed by atoms with van der Waals surface area (Å²) in [5.74, 6) is -0.873.